The topological polar surface area (TPSA) is 36.9 Å². The van der Waals surface area contributed by atoms with Crippen LogP contribution in [0.5, 0.6) is 0 Å². The molecule has 2 aromatic carbocycles. The molecule has 0 N–H and O–H groups in total. The zero-order chi connectivity index (χ0) is 17.6. The second-order valence-corrected chi connectivity index (χ2v) is 6.58. The molecule has 2 heterocycles. The molecule has 1 saturated heterocycles. The monoisotopic (exact) mass is 352 g/mol. The predicted octanol–water partition coefficient (Wildman–Crippen LogP) is 3.86. The van der Waals surface area contributed by atoms with Crippen LogP contribution in [0.4, 0.5) is 0 Å². The zero-order valence-corrected chi connectivity index (χ0v) is 14.8. The number of rotatable bonds is 6. The number of benzene rings is 2. The molecule has 4 nitrogen and oxygen atoms in total. The highest BCUT2D eigenvalue weighted by molar-refractivity contribution is 5.20. The maximum atomic E-state index is 6.29. The lowest BCUT2D eigenvalue weighted by atomic mass is 9.98. The van der Waals surface area contributed by atoms with E-state index in [0.717, 1.165) is 23.1 Å². The van der Waals surface area contributed by atoms with E-state index < -0.39 is 0 Å². The fourth-order valence-corrected chi connectivity index (χ4v) is 3.35. The van der Waals surface area contributed by atoms with E-state index in [9.17, 15) is 0 Å². The van der Waals surface area contributed by atoms with Gasteiger partial charge in [-0.2, -0.15) is 0 Å². The van der Waals surface area contributed by atoms with E-state index in [4.69, 9.17) is 18.9 Å². The summed E-state index contributed by atoms with van der Waals surface area (Å²) in [7, 11) is 0. The van der Waals surface area contributed by atoms with Gasteiger partial charge in [-0.1, -0.05) is 66.7 Å². The number of fused-ring (bicyclic) bond motifs is 1. The van der Waals surface area contributed by atoms with Gasteiger partial charge in [-0.25, -0.2) is 0 Å². The van der Waals surface area contributed by atoms with Gasteiger partial charge >= 0.3 is 0 Å². The van der Waals surface area contributed by atoms with Gasteiger partial charge in [-0.15, -0.1) is 0 Å². The van der Waals surface area contributed by atoms with Crippen LogP contribution >= 0.6 is 0 Å². The quantitative estimate of drug-likeness (QED) is 0.740. The Kier molecular flexibility index (Phi) is 5.77. The van der Waals surface area contributed by atoms with Crippen molar-refractivity contribution < 1.29 is 18.9 Å². The van der Waals surface area contributed by atoms with Crippen LogP contribution in [-0.4, -0.2) is 31.7 Å². The van der Waals surface area contributed by atoms with Crippen molar-refractivity contribution in [2.75, 3.05) is 13.2 Å². The summed E-state index contributed by atoms with van der Waals surface area (Å²) in [6, 6.07) is 20.4. The molecule has 0 unspecified atom stereocenters. The molecule has 2 aliphatic heterocycles. The van der Waals surface area contributed by atoms with Gasteiger partial charge in [0.1, 0.15) is 12.2 Å². The third-order valence-electron chi connectivity index (χ3n) is 4.70. The highest BCUT2D eigenvalue weighted by atomic mass is 16.7. The van der Waals surface area contributed by atoms with E-state index >= 15 is 0 Å². The van der Waals surface area contributed by atoms with Crippen LogP contribution in [0.25, 0.3) is 0 Å². The standard InChI is InChI=1S/C22H24O4/c1-3-8-17(9-4-1)14-24-20-16-26-22-19(12-7-13-23-22)21(20)25-15-18-10-5-2-6-11-18/h1-6,8-12,20-22H,7,13-16H2/t20-,21+,22-/m1/s1. The van der Waals surface area contributed by atoms with Crippen LogP contribution in [0, 0.1) is 0 Å². The Morgan fingerprint density at radius 3 is 2.15 bits per heavy atom. The third-order valence-corrected chi connectivity index (χ3v) is 4.70. The zero-order valence-electron chi connectivity index (χ0n) is 14.8. The van der Waals surface area contributed by atoms with Gasteiger partial charge in [0.15, 0.2) is 6.29 Å². The van der Waals surface area contributed by atoms with E-state index in [-0.39, 0.29) is 18.5 Å². The third kappa shape index (κ3) is 4.22. The van der Waals surface area contributed by atoms with Crippen molar-refractivity contribution in [1.82, 2.24) is 0 Å². The van der Waals surface area contributed by atoms with Crippen LogP contribution < -0.4 is 0 Å². The first kappa shape index (κ1) is 17.4. The molecule has 4 heteroatoms. The molecule has 0 amide bonds. The van der Waals surface area contributed by atoms with Gasteiger partial charge in [0.05, 0.1) is 26.4 Å². The molecule has 0 aromatic heterocycles. The second kappa shape index (κ2) is 8.60. The Hall–Kier alpha value is -1.98. The van der Waals surface area contributed by atoms with Gasteiger partial charge in [-0.3, -0.25) is 0 Å². The lowest BCUT2D eigenvalue weighted by Gasteiger charge is -2.39. The maximum Gasteiger partial charge on any atom is 0.182 e. The normalized spacial score (nSPS) is 25.4. The van der Waals surface area contributed by atoms with Crippen molar-refractivity contribution in [3.8, 4) is 0 Å². The van der Waals surface area contributed by atoms with E-state index in [1.165, 1.54) is 0 Å². The summed E-state index contributed by atoms with van der Waals surface area (Å²) in [5.74, 6) is 0. The average molecular weight is 352 g/mol. The summed E-state index contributed by atoms with van der Waals surface area (Å²) in [6.45, 7) is 2.24. The minimum Gasteiger partial charge on any atom is -0.368 e. The first-order valence-electron chi connectivity index (χ1n) is 9.14. The fourth-order valence-electron chi connectivity index (χ4n) is 3.35. The molecule has 0 bridgehead atoms. The molecule has 2 aliphatic rings. The first-order valence-corrected chi connectivity index (χ1v) is 9.14. The van der Waals surface area contributed by atoms with Gasteiger partial charge < -0.3 is 18.9 Å². The van der Waals surface area contributed by atoms with E-state index in [1.54, 1.807) is 0 Å². The lowest BCUT2D eigenvalue weighted by molar-refractivity contribution is -0.208. The fraction of sp³-hybridized carbons (Fsp3) is 0.364. The highest BCUT2D eigenvalue weighted by Gasteiger charge is 2.39. The highest BCUT2D eigenvalue weighted by Crippen LogP contribution is 2.30. The van der Waals surface area contributed by atoms with Crippen molar-refractivity contribution >= 4 is 0 Å². The molecule has 136 valence electrons. The molecule has 2 aromatic rings. The molecule has 0 saturated carbocycles. The van der Waals surface area contributed by atoms with Crippen LogP contribution in [0.1, 0.15) is 17.5 Å². The molecular formula is C22H24O4. The van der Waals surface area contributed by atoms with Crippen molar-refractivity contribution in [3.63, 3.8) is 0 Å². The van der Waals surface area contributed by atoms with Crippen molar-refractivity contribution in [3.05, 3.63) is 83.4 Å². The maximum absolute atomic E-state index is 6.29. The first-order chi connectivity index (χ1) is 12.9. The summed E-state index contributed by atoms with van der Waals surface area (Å²) < 4.78 is 24.1. The number of ether oxygens (including phenoxy) is 4. The summed E-state index contributed by atoms with van der Waals surface area (Å²) in [4.78, 5) is 0. The van der Waals surface area contributed by atoms with E-state index in [0.29, 0.717) is 26.4 Å². The summed E-state index contributed by atoms with van der Waals surface area (Å²) in [5, 5.41) is 0. The van der Waals surface area contributed by atoms with Gasteiger partial charge in [0.25, 0.3) is 0 Å². The van der Waals surface area contributed by atoms with Crippen LogP contribution in [0.3, 0.4) is 0 Å². The van der Waals surface area contributed by atoms with E-state index in [2.05, 4.69) is 30.3 Å². The van der Waals surface area contributed by atoms with Crippen LogP contribution in [0.15, 0.2) is 72.3 Å². The summed E-state index contributed by atoms with van der Waals surface area (Å²) in [6.07, 6.45) is 2.45. The molecule has 1 fully saturated rings. The molecule has 0 spiro atoms. The van der Waals surface area contributed by atoms with Crippen molar-refractivity contribution in [2.45, 2.75) is 38.1 Å². The Labute approximate surface area is 154 Å². The minimum absolute atomic E-state index is 0.150. The van der Waals surface area contributed by atoms with Gasteiger partial charge in [0.2, 0.25) is 0 Å². The van der Waals surface area contributed by atoms with Crippen LogP contribution in [-0.2, 0) is 32.2 Å². The van der Waals surface area contributed by atoms with Crippen molar-refractivity contribution in [2.24, 2.45) is 0 Å². The Bertz CT molecular complexity index is 713. The lowest BCUT2D eigenvalue weighted by Crippen LogP contribution is -2.48. The summed E-state index contributed by atoms with van der Waals surface area (Å²) >= 11 is 0. The second-order valence-electron chi connectivity index (χ2n) is 6.58. The molecule has 0 aliphatic carbocycles. The molecule has 4 rings (SSSR count). The average Bonchev–Trinajstić information content (AvgIpc) is 2.72. The molecular weight excluding hydrogens is 328 g/mol. The number of hydrogen-bond acceptors (Lipinski definition) is 4. The minimum atomic E-state index is -0.305. The Morgan fingerprint density at radius 2 is 1.46 bits per heavy atom. The number of hydrogen-bond donors (Lipinski definition) is 0. The van der Waals surface area contributed by atoms with Crippen molar-refractivity contribution in [1.29, 1.82) is 0 Å². The molecule has 3 atom stereocenters. The van der Waals surface area contributed by atoms with Gasteiger partial charge in [0, 0.05) is 5.57 Å². The van der Waals surface area contributed by atoms with E-state index in [1.807, 2.05) is 36.4 Å². The SMILES string of the molecule is C1=C2[C@H](OCC1)OC[C@@H](OCc1ccccc1)[C@H]2OCc1ccccc1. The smallest absolute Gasteiger partial charge is 0.182 e. The Morgan fingerprint density at radius 1 is 0.808 bits per heavy atom. The predicted molar refractivity (Wildman–Crippen MR) is 98.4 cm³/mol. The molecule has 0 radical (unpaired) electrons. The largest absolute Gasteiger partial charge is 0.368 e. The molecule has 26 heavy (non-hydrogen) atoms. The van der Waals surface area contributed by atoms with Gasteiger partial charge in [-0.05, 0) is 17.5 Å². The Balaban J connectivity index is 1.46. The summed E-state index contributed by atoms with van der Waals surface area (Å²) in [5.41, 5.74) is 3.34. The van der Waals surface area contributed by atoms with Crippen LogP contribution in [0.2, 0.25) is 0 Å².